The summed E-state index contributed by atoms with van der Waals surface area (Å²) in [5, 5.41) is 2.10. The fraction of sp³-hybridized carbons (Fsp3) is 0.200. The molecule has 1 aromatic carbocycles. The summed E-state index contributed by atoms with van der Waals surface area (Å²) >= 11 is 0. The number of halogens is 1. The molecular formula is C15H16FN5O5S. The highest BCUT2D eigenvalue weighted by Crippen LogP contribution is 2.17. The van der Waals surface area contributed by atoms with Crippen LogP contribution >= 0.6 is 0 Å². The smallest absolute Gasteiger partial charge is 0.339 e. The Bertz CT molecular complexity index is 980. The summed E-state index contributed by atoms with van der Waals surface area (Å²) in [4.78, 5) is 31.7. The highest BCUT2D eigenvalue weighted by atomic mass is 32.2. The number of carbonyl (C=O) groups is 2. The fourth-order valence-corrected chi connectivity index (χ4v) is 3.10. The first-order valence-electron chi connectivity index (χ1n) is 7.37. The molecule has 1 aromatic heterocycles. The molecule has 144 valence electrons. The van der Waals surface area contributed by atoms with Crippen LogP contribution in [0.4, 0.5) is 20.8 Å². The number of nitrogens with one attached hydrogen (secondary N) is 2. The van der Waals surface area contributed by atoms with Gasteiger partial charge in [0.05, 0.1) is 12.7 Å². The Balaban J connectivity index is 2.25. The predicted molar refractivity (Wildman–Crippen MR) is 93.4 cm³/mol. The predicted octanol–water partition coefficient (Wildman–Crippen LogP) is 0.979. The number of methoxy groups -OCH3 is 1. The van der Waals surface area contributed by atoms with E-state index in [4.69, 9.17) is 0 Å². The van der Waals surface area contributed by atoms with Crippen molar-refractivity contribution < 1.29 is 27.1 Å². The maximum Gasteiger partial charge on any atom is 0.339 e. The number of esters is 1. The van der Waals surface area contributed by atoms with Gasteiger partial charge in [-0.05, 0) is 12.1 Å². The van der Waals surface area contributed by atoms with Gasteiger partial charge in [-0.2, -0.15) is 14.4 Å². The van der Waals surface area contributed by atoms with Crippen LogP contribution in [0, 0.1) is 6.08 Å². The number of ether oxygens (including phenoxy) is 1. The number of nitrogens with zero attached hydrogens (tertiary/aromatic N) is 3. The first-order chi connectivity index (χ1) is 12.6. The first-order valence-corrected chi connectivity index (χ1v) is 8.85. The van der Waals surface area contributed by atoms with Crippen molar-refractivity contribution in [2.24, 2.45) is 0 Å². The summed E-state index contributed by atoms with van der Waals surface area (Å²) in [6, 6.07) is 5.24. The van der Waals surface area contributed by atoms with Gasteiger partial charge in [0.15, 0.2) is 0 Å². The zero-order valence-electron chi connectivity index (χ0n) is 14.6. The van der Waals surface area contributed by atoms with E-state index >= 15 is 0 Å². The van der Waals surface area contributed by atoms with E-state index in [9.17, 15) is 22.4 Å². The molecule has 0 aliphatic carbocycles. The molecule has 0 aliphatic rings. The summed E-state index contributed by atoms with van der Waals surface area (Å²) in [5.41, 5.74) is -0.247. The SMILES string of the molecule is COC(=O)c1ccccc1S(=O)(=O)NC(=O)Nc1cc(N(C)C)nc(F)n1. The van der Waals surface area contributed by atoms with Gasteiger partial charge in [0.1, 0.15) is 16.5 Å². The summed E-state index contributed by atoms with van der Waals surface area (Å²) in [7, 11) is -0.123. The Labute approximate surface area is 154 Å². The van der Waals surface area contributed by atoms with Gasteiger partial charge in [-0.1, -0.05) is 12.1 Å². The van der Waals surface area contributed by atoms with Crippen molar-refractivity contribution in [3.63, 3.8) is 0 Å². The third-order valence-corrected chi connectivity index (χ3v) is 4.58. The van der Waals surface area contributed by atoms with Gasteiger partial charge >= 0.3 is 18.1 Å². The Morgan fingerprint density at radius 2 is 1.85 bits per heavy atom. The number of sulfonamides is 1. The van der Waals surface area contributed by atoms with Crippen molar-refractivity contribution in [3.05, 3.63) is 42.0 Å². The summed E-state index contributed by atoms with van der Waals surface area (Å²) in [5.74, 6) is -0.971. The van der Waals surface area contributed by atoms with Crippen LogP contribution in [-0.4, -0.2) is 51.6 Å². The maximum atomic E-state index is 13.4. The highest BCUT2D eigenvalue weighted by Gasteiger charge is 2.25. The molecule has 1 heterocycles. The molecule has 2 N–H and O–H groups in total. The molecule has 27 heavy (non-hydrogen) atoms. The Morgan fingerprint density at radius 1 is 1.19 bits per heavy atom. The van der Waals surface area contributed by atoms with Crippen LogP contribution in [0.2, 0.25) is 0 Å². The molecule has 2 rings (SSSR count). The molecule has 0 saturated heterocycles. The normalized spacial score (nSPS) is 10.8. The van der Waals surface area contributed by atoms with Crippen molar-refractivity contribution >= 4 is 33.7 Å². The summed E-state index contributed by atoms with van der Waals surface area (Å²) in [6.07, 6.45) is -1.10. The molecule has 2 aromatic rings. The van der Waals surface area contributed by atoms with E-state index in [-0.39, 0.29) is 17.2 Å². The third-order valence-electron chi connectivity index (χ3n) is 3.19. The number of anilines is 2. The van der Waals surface area contributed by atoms with Gasteiger partial charge in [-0.15, -0.1) is 0 Å². The second-order valence-electron chi connectivity index (χ2n) is 5.32. The number of rotatable bonds is 5. The van der Waals surface area contributed by atoms with Gasteiger partial charge in [0, 0.05) is 20.2 Å². The van der Waals surface area contributed by atoms with Gasteiger partial charge in [0.25, 0.3) is 10.0 Å². The van der Waals surface area contributed by atoms with Gasteiger partial charge < -0.3 is 9.64 Å². The molecule has 2 amide bonds. The van der Waals surface area contributed by atoms with E-state index < -0.39 is 33.0 Å². The molecular weight excluding hydrogens is 381 g/mol. The minimum absolute atomic E-state index is 0.164. The lowest BCUT2D eigenvalue weighted by atomic mass is 10.2. The van der Waals surface area contributed by atoms with Gasteiger partial charge in [-0.3, -0.25) is 5.32 Å². The van der Waals surface area contributed by atoms with Crippen molar-refractivity contribution in [2.75, 3.05) is 31.4 Å². The molecule has 0 atom stereocenters. The van der Waals surface area contributed by atoms with Crippen LogP contribution in [0.5, 0.6) is 0 Å². The Hall–Kier alpha value is -3.28. The third kappa shape index (κ3) is 4.88. The van der Waals surface area contributed by atoms with E-state index in [2.05, 4.69) is 20.0 Å². The molecule has 0 fully saturated rings. The number of benzene rings is 1. The van der Waals surface area contributed by atoms with Crippen LogP contribution in [-0.2, 0) is 14.8 Å². The van der Waals surface area contributed by atoms with Gasteiger partial charge in [-0.25, -0.2) is 22.7 Å². The molecule has 12 heteroatoms. The van der Waals surface area contributed by atoms with Crippen LogP contribution in [0.3, 0.4) is 0 Å². The molecule has 0 bridgehead atoms. The molecule has 0 unspecified atom stereocenters. The van der Waals surface area contributed by atoms with Crippen molar-refractivity contribution in [3.8, 4) is 0 Å². The maximum absolute atomic E-state index is 13.4. The average molecular weight is 397 g/mol. The lowest BCUT2D eigenvalue weighted by Gasteiger charge is -2.13. The van der Waals surface area contributed by atoms with Crippen molar-refractivity contribution in [2.45, 2.75) is 4.90 Å². The zero-order valence-corrected chi connectivity index (χ0v) is 15.4. The van der Waals surface area contributed by atoms with Crippen LogP contribution in [0.1, 0.15) is 10.4 Å². The molecule has 0 aliphatic heterocycles. The molecule has 10 nitrogen and oxygen atoms in total. The number of carbonyl (C=O) groups excluding carboxylic acids is 2. The largest absolute Gasteiger partial charge is 0.465 e. The Morgan fingerprint density at radius 3 is 2.48 bits per heavy atom. The first kappa shape index (κ1) is 20.0. The minimum Gasteiger partial charge on any atom is -0.465 e. The lowest BCUT2D eigenvalue weighted by Crippen LogP contribution is -2.35. The molecule has 0 radical (unpaired) electrons. The quantitative estimate of drug-likeness (QED) is 0.564. The molecule has 0 saturated carbocycles. The van der Waals surface area contributed by atoms with Crippen molar-refractivity contribution in [1.29, 1.82) is 0 Å². The number of hydrogen-bond acceptors (Lipinski definition) is 8. The summed E-state index contributed by atoms with van der Waals surface area (Å²) < 4.78 is 44.5. The van der Waals surface area contributed by atoms with E-state index in [0.29, 0.717) is 0 Å². The standard InChI is InChI=1S/C15H16FN5O5S/c1-21(2)12-8-11(17-14(16)19-12)18-15(23)20-27(24,25)10-7-5-4-6-9(10)13(22)26-3/h4-8H,1-3H3,(H2,17,18,19,20,23). The lowest BCUT2D eigenvalue weighted by molar-refractivity contribution is 0.0596. The average Bonchev–Trinajstić information content (AvgIpc) is 2.59. The highest BCUT2D eigenvalue weighted by molar-refractivity contribution is 7.90. The van der Waals surface area contributed by atoms with E-state index in [0.717, 1.165) is 13.2 Å². The minimum atomic E-state index is -4.41. The topological polar surface area (TPSA) is 131 Å². The van der Waals surface area contributed by atoms with Crippen molar-refractivity contribution in [1.82, 2.24) is 14.7 Å². The van der Waals surface area contributed by atoms with Gasteiger partial charge in [0.2, 0.25) is 0 Å². The van der Waals surface area contributed by atoms with Crippen LogP contribution in [0.15, 0.2) is 35.2 Å². The number of hydrogen-bond donors (Lipinski definition) is 2. The van der Waals surface area contributed by atoms with Crippen LogP contribution < -0.4 is 14.9 Å². The Kier molecular flexibility index (Phi) is 5.90. The van der Waals surface area contributed by atoms with E-state index in [1.165, 1.54) is 29.2 Å². The summed E-state index contributed by atoms with van der Waals surface area (Å²) in [6.45, 7) is 0. The number of urea groups is 1. The number of amides is 2. The fourth-order valence-electron chi connectivity index (χ4n) is 2.00. The van der Waals surface area contributed by atoms with E-state index in [1.807, 2.05) is 0 Å². The second kappa shape index (κ2) is 7.95. The molecule has 0 spiro atoms. The zero-order chi connectivity index (χ0) is 20.2. The number of aromatic nitrogens is 2. The van der Waals surface area contributed by atoms with E-state index in [1.54, 1.807) is 18.8 Å². The van der Waals surface area contributed by atoms with Crippen LogP contribution in [0.25, 0.3) is 0 Å². The second-order valence-corrected chi connectivity index (χ2v) is 6.97. The monoisotopic (exact) mass is 397 g/mol.